The first kappa shape index (κ1) is 8.05. The maximum Gasteiger partial charge on any atom is 0.158 e. The molecule has 1 aliphatic heterocycles. The van der Waals surface area contributed by atoms with Gasteiger partial charge in [-0.1, -0.05) is 18.2 Å². The molecule has 2 rings (SSSR count). The number of nitrogens with zero attached hydrogens (tertiary/aromatic N) is 1. The average molecular weight is 173 g/mol. The van der Waals surface area contributed by atoms with Crippen LogP contribution in [0.2, 0.25) is 0 Å². The number of rotatable bonds is 1. The molecule has 0 radical (unpaired) electrons. The zero-order chi connectivity index (χ0) is 9.10. The van der Waals surface area contributed by atoms with E-state index in [0.717, 1.165) is 12.2 Å². The standard InChI is InChI=1S/C11H11NO/c13-11-6-8-12(9-7-11)10-4-2-1-3-5-10/h1-6,8H,7,9H2. The molecular weight excluding hydrogens is 162 g/mol. The Morgan fingerprint density at radius 3 is 2.54 bits per heavy atom. The first-order chi connectivity index (χ1) is 6.36. The summed E-state index contributed by atoms with van der Waals surface area (Å²) in [5.74, 6) is 0.215. The van der Waals surface area contributed by atoms with E-state index in [9.17, 15) is 4.79 Å². The highest BCUT2D eigenvalue weighted by atomic mass is 16.1. The van der Waals surface area contributed by atoms with E-state index in [1.165, 1.54) is 0 Å². The molecular formula is C11H11NO. The number of carbonyl (C=O) groups excluding carboxylic acids is 1. The molecule has 66 valence electrons. The Labute approximate surface area is 77.5 Å². The van der Waals surface area contributed by atoms with E-state index >= 15 is 0 Å². The summed E-state index contributed by atoms with van der Waals surface area (Å²) < 4.78 is 0. The van der Waals surface area contributed by atoms with E-state index in [-0.39, 0.29) is 5.78 Å². The van der Waals surface area contributed by atoms with Crippen molar-refractivity contribution in [2.75, 3.05) is 11.4 Å². The van der Waals surface area contributed by atoms with Gasteiger partial charge in [-0.05, 0) is 18.2 Å². The van der Waals surface area contributed by atoms with E-state index in [4.69, 9.17) is 0 Å². The Hall–Kier alpha value is -1.57. The molecule has 2 heteroatoms. The van der Waals surface area contributed by atoms with Crippen molar-refractivity contribution < 1.29 is 4.79 Å². The second-order valence-corrected chi connectivity index (χ2v) is 3.06. The van der Waals surface area contributed by atoms with Crippen LogP contribution in [0, 0.1) is 0 Å². The highest BCUT2D eigenvalue weighted by Gasteiger charge is 2.09. The Morgan fingerprint density at radius 1 is 1.15 bits per heavy atom. The Morgan fingerprint density at radius 2 is 1.92 bits per heavy atom. The Balaban J connectivity index is 2.20. The molecule has 0 amide bonds. The minimum atomic E-state index is 0.215. The third-order valence-corrected chi connectivity index (χ3v) is 2.13. The van der Waals surface area contributed by atoms with Crippen molar-refractivity contribution in [2.45, 2.75) is 6.42 Å². The van der Waals surface area contributed by atoms with Crippen molar-refractivity contribution in [3.63, 3.8) is 0 Å². The van der Waals surface area contributed by atoms with E-state index in [2.05, 4.69) is 4.90 Å². The van der Waals surface area contributed by atoms with Crippen LogP contribution >= 0.6 is 0 Å². The highest BCUT2D eigenvalue weighted by Crippen LogP contribution is 2.16. The summed E-state index contributed by atoms with van der Waals surface area (Å²) >= 11 is 0. The quantitative estimate of drug-likeness (QED) is 0.647. The van der Waals surface area contributed by atoms with Gasteiger partial charge < -0.3 is 4.90 Å². The number of benzene rings is 1. The fourth-order valence-corrected chi connectivity index (χ4v) is 1.40. The zero-order valence-electron chi connectivity index (χ0n) is 7.31. The summed E-state index contributed by atoms with van der Waals surface area (Å²) in [6.07, 6.45) is 4.10. The van der Waals surface area contributed by atoms with Crippen LogP contribution in [0.1, 0.15) is 6.42 Å². The summed E-state index contributed by atoms with van der Waals surface area (Å²) in [5, 5.41) is 0. The molecule has 0 saturated heterocycles. The van der Waals surface area contributed by atoms with E-state index in [1.54, 1.807) is 6.08 Å². The van der Waals surface area contributed by atoms with Crippen molar-refractivity contribution >= 4 is 11.5 Å². The fraction of sp³-hybridized carbons (Fsp3) is 0.182. The van der Waals surface area contributed by atoms with Crippen molar-refractivity contribution in [1.82, 2.24) is 0 Å². The third-order valence-electron chi connectivity index (χ3n) is 2.13. The number of hydrogen-bond donors (Lipinski definition) is 0. The van der Waals surface area contributed by atoms with Gasteiger partial charge in [0.1, 0.15) is 0 Å². The summed E-state index contributed by atoms with van der Waals surface area (Å²) in [5.41, 5.74) is 1.14. The molecule has 0 aromatic heterocycles. The lowest BCUT2D eigenvalue weighted by molar-refractivity contribution is -0.114. The van der Waals surface area contributed by atoms with Gasteiger partial charge in [0.2, 0.25) is 0 Å². The number of carbonyl (C=O) groups is 1. The predicted octanol–water partition coefficient (Wildman–Crippen LogP) is 1.98. The molecule has 0 saturated carbocycles. The summed E-state index contributed by atoms with van der Waals surface area (Å²) in [6, 6.07) is 10.1. The third kappa shape index (κ3) is 1.78. The smallest absolute Gasteiger partial charge is 0.158 e. The number of ketones is 1. The minimum absolute atomic E-state index is 0.215. The van der Waals surface area contributed by atoms with Crippen LogP contribution in [-0.2, 0) is 4.79 Å². The molecule has 13 heavy (non-hydrogen) atoms. The van der Waals surface area contributed by atoms with Crippen LogP contribution < -0.4 is 4.90 Å². The first-order valence-electron chi connectivity index (χ1n) is 4.39. The largest absolute Gasteiger partial charge is 0.347 e. The maximum atomic E-state index is 10.9. The normalized spacial score (nSPS) is 16.3. The molecule has 0 unspecified atom stereocenters. The van der Waals surface area contributed by atoms with Crippen LogP contribution in [0.15, 0.2) is 42.6 Å². The lowest BCUT2D eigenvalue weighted by atomic mass is 10.2. The molecule has 0 atom stereocenters. The Kier molecular flexibility index (Phi) is 2.13. The van der Waals surface area contributed by atoms with Gasteiger partial charge in [0.05, 0.1) is 0 Å². The zero-order valence-corrected chi connectivity index (χ0v) is 7.31. The van der Waals surface area contributed by atoms with Gasteiger partial charge in [0, 0.05) is 24.9 Å². The first-order valence-corrected chi connectivity index (χ1v) is 4.39. The van der Waals surface area contributed by atoms with E-state index in [0.29, 0.717) is 6.42 Å². The summed E-state index contributed by atoms with van der Waals surface area (Å²) in [6.45, 7) is 0.791. The van der Waals surface area contributed by atoms with Gasteiger partial charge >= 0.3 is 0 Å². The molecule has 1 aromatic rings. The molecule has 2 nitrogen and oxygen atoms in total. The lowest BCUT2D eigenvalue weighted by Crippen LogP contribution is -2.23. The summed E-state index contributed by atoms with van der Waals surface area (Å²) in [4.78, 5) is 13.0. The molecule has 1 aliphatic rings. The van der Waals surface area contributed by atoms with Gasteiger partial charge in [-0.3, -0.25) is 4.79 Å². The number of anilines is 1. The van der Waals surface area contributed by atoms with Crippen molar-refractivity contribution in [1.29, 1.82) is 0 Å². The second kappa shape index (κ2) is 3.44. The lowest BCUT2D eigenvalue weighted by Gasteiger charge is -2.22. The van der Waals surface area contributed by atoms with Crippen molar-refractivity contribution in [3.8, 4) is 0 Å². The SMILES string of the molecule is O=C1C=CN(c2ccccc2)CC1. The molecule has 0 fully saturated rings. The second-order valence-electron chi connectivity index (χ2n) is 3.06. The molecule has 1 heterocycles. The monoisotopic (exact) mass is 173 g/mol. The average Bonchev–Trinajstić information content (AvgIpc) is 2.20. The van der Waals surface area contributed by atoms with E-state index in [1.807, 2.05) is 36.5 Å². The van der Waals surface area contributed by atoms with Crippen molar-refractivity contribution in [2.24, 2.45) is 0 Å². The minimum Gasteiger partial charge on any atom is -0.347 e. The van der Waals surface area contributed by atoms with Gasteiger partial charge in [-0.15, -0.1) is 0 Å². The molecule has 0 N–H and O–H groups in total. The molecule has 1 aromatic carbocycles. The van der Waals surface area contributed by atoms with Gasteiger partial charge in [0.15, 0.2) is 5.78 Å². The van der Waals surface area contributed by atoms with Gasteiger partial charge in [-0.2, -0.15) is 0 Å². The number of hydrogen-bond acceptors (Lipinski definition) is 2. The van der Waals surface area contributed by atoms with Gasteiger partial charge in [0.25, 0.3) is 0 Å². The van der Waals surface area contributed by atoms with E-state index < -0.39 is 0 Å². The van der Waals surface area contributed by atoms with Crippen LogP contribution in [0.3, 0.4) is 0 Å². The molecule has 0 spiro atoms. The van der Waals surface area contributed by atoms with Crippen LogP contribution in [0.5, 0.6) is 0 Å². The van der Waals surface area contributed by atoms with Crippen LogP contribution in [0.4, 0.5) is 5.69 Å². The highest BCUT2D eigenvalue weighted by molar-refractivity contribution is 5.91. The topological polar surface area (TPSA) is 20.3 Å². The van der Waals surface area contributed by atoms with Crippen LogP contribution in [-0.4, -0.2) is 12.3 Å². The summed E-state index contributed by atoms with van der Waals surface area (Å²) in [7, 11) is 0. The van der Waals surface area contributed by atoms with Crippen molar-refractivity contribution in [3.05, 3.63) is 42.6 Å². The maximum absolute atomic E-state index is 10.9. The van der Waals surface area contributed by atoms with Crippen LogP contribution in [0.25, 0.3) is 0 Å². The Bertz CT molecular complexity index is 329. The molecule has 0 aliphatic carbocycles. The number of allylic oxidation sites excluding steroid dienone is 1. The molecule has 0 bridgehead atoms. The fourth-order valence-electron chi connectivity index (χ4n) is 1.40. The number of para-hydroxylation sites is 1. The predicted molar refractivity (Wildman–Crippen MR) is 52.6 cm³/mol. The van der Waals surface area contributed by atoms with Gasteiger partial charge in [-0.25, -0.2) is 0 Å².